The first-order chi connectivity index (χ1) is 11.1. The van der Waals surface area contributed by atoms with Crippen LogP contribution in [-0.4, -0.2) is 44.2 Å². The molecular formula is C15H20ClN5O2. The van der Waals surface area contributed by atoms with Crippen LogP contribution in [0.4, 0.5) is 0 Å². The molecule has 124 valence electrons. The van der Waals surface area contributed by atoms with Crippen LogP contribution in [0.5, 0.6) is 0 Å². The van der Waals surface area contributed by atoms with Gasteiger partial charge in [-0.3, -0.25) is 9.89 Å². The third-order valence-electron chi connectivity index (χ3n) is 4.08. The lowest BCUT2D eigenvalue weighted by Crippen LogP contribution is -2.39. The fourth-order valence-electron chi connectivity index (χ4n) is 2.99. The third-order valence-corrected chi connectivity index (χ3v) is 4.29. The number of likely N-dealkylation sites (tertiary alicyclic amines) is 1. The van der Waals surface area contributed by atoms with Gasteiger partial charge in [0, 0.05) is 26.9 Å². The quantitative estimate of drug-likeness (QED) is 0.928. The molecule has 1 fully saturated rings. The highest BCUT2D eigenvalue weighted by Gasteiger charge is 2.32. The summed E-state index contributed by atoms with van der Waals surface area (Å²) in [5.41, 5.74) is 0.578. The number of nitrogens with one attached hydrogen (secondary N) is 1. The number of piperidine rings is 1. The summed E-state index contributed by atoms with van der Waals surface area (Å²) in [6.07, 6.45) is 4.62. The highest BCUT2D eigenvalue weighted by Crippen LogP contribution is 2.30. The second kappa shape index (κ2) is 6.72. The Balaban J connectivity index is 1.86. The maximum atomic E-state index is 12.9. The molecular weight excluding hydrogens is 318 g/mol. The van der Waals surface area contributed by atoms with Crippen LogP contribution in [0.3, 0.4) is 0 Å². The number of ether oxygens (including phenoxy) is 1. The lowest BCUT2D eigenvalue weighted by molar-refractivity contribution is 0.0590. The van der Waals surface area contributed by atoms with Crippen molar-refractivity contribution in [2.75, 3.05) is 13.7 Å². The number of rotatable bonds is 4. The SMILES string of the molecule is COCc1nc([C@H]2CCCCN2C(=O)c2cc(Cl)cn2C)n[nH]1. The molecule has 3 rings (SSSR count). The molecule has 23 heavy (non-hydrogen) atoms. The minimum atomic E-state index is -0.119. The molecule has 0 spiro atoms. The fraction of sp³-hybridized carbons (Fsp3) is 0.533. The Morgan fingerprint density at radius 2 is 2.35 bits per heavy atom. The van der Waals surface area contributed by atoms with Gasteiger partial charge in [0.1, 0.15) is 12.3 Å². The van der Waals surface area contributed by atoms with E-state index in [0.29, 0.717) is 35.5 Å². The highest BCUT2D eigenvalue weighted by atomic mass is 35.5. The maximum absolute atomic E-state index is 12.9. The van der Waals surface area contributed by atoms with Gasteiger partial charge in [-0.25, -0.2) is 4.98 Å². The number of halogens is 1. The average molecular weight is 338 g/mol. The van der Waals surface area contributed by atoms with Gasteiger partial charge in [-0.15, -0.1) is 0 Å². The van der Waals surface area contributed by atoms with Gasteiger partial charge in [-0.05, 0) is 25.3 Å². The molecule has 7 nitrogen and oxygen atoms in total. The zero-order valence-electron chi connectivity index (χ0n) is 13.3. The van der Waals surface area contributed by atoms with E-state index in [0.717, 1.165) is 19.3 Å². The van der Waals surface area contributed by atoms with E-state index in [9.17, 15) is 4.79 Å². The molecule has 1 N–H and O–H groups in total. The standard InChI is InChI=1S/C15H20ClN5O2/c1-20-8-10(16)7-12(20)15(22)21-6-4-3-5-11(21)14-17-13(9-23-2)18-19-14/h7-8,11H,3-6,9H2,1-2H3,(H,17,18,19)/t11-/m1/s1. The molecule has 3 heterocycles. The number of hydrogen-bond acceptors (Lipinski definition) is 4. The van der Waals surface area contributed by atoms with E-state index in [1.807, 2.05) is 11.9 Å². The first kappa shape index (κ1) is 16.0. The van der Waals surface area contributed by atoms with Crippen LogP contribution in [0.2, 0.25) is 5.02 Å². The molecule has 0 aliphatic carbocycles. The smallest absolute Gasteiger partial charge is 0.271 e. The summed E-state index contributed by atoms with van der Waals surface area (Å²) in [4.78, 5) is 19.2. The van der Waals surface area contributed by atoms with Gasteiger partial charge in [-0.2, -0.15) is 5.10 Å². The molecule has 1 aliphatic heterocycles. The molecule has 0 radical (unpaired) electrons. The van der Waals surface area contributed by atoms with E-state index in [1.165, 1.54) is 0 Å². The van der Waals surface area contributed by atoms with Gasteiger partial charge in [-0.1, -0.05) is 11.6 Å². The number of nitrogens with zero attached hydrogens (tertiary/aromatic N) is 4. The van der Waals surface area contributed by atoms with E-state index in [4.69, 9.17) is 16.3 Å². The molecule has 2 aromatic heterocycles. The third kappa shape index (κ3) is 3.25. The van der Waals surface area contributed by atoms with Crippen molar-refractivity contribution in [2.45, 2.75) is 31.9 Å². The van der Waals surface area contributed by atoms with Crippen LogP contribution in [0.15, 0.2) is 12.3 Å². The van der Waals surface area contributed by atoms with E-state index in [-0.39, 0.29) is 11.9 Å². The van der Waals surface area contributed by atoms with Crippen LogP contribution < -0.4 is 0 Å². The molecule has 0 bridgehead atoms. The minimum Gasteiger partial charge on any atom is -0.377 e. The minimum absolute atomic E-state index is 0.0396. The summed E-state index contributed by atoms with van der Waals surface area (Å²) >= 11 is 6.01. The Hall–Kier alpha value is -1.86. The fourth-order valence-corrected chi connectivity index (χ4v) is 3.24. The van der Waals surface area contributed by atoms with Crippen LogP contribution in [-0.2, 0) is 18.4 Å². The topological polar surface area (TPSA) is 76.0 Å². The number of carbonyl (C=O) groups is 1. The summed E-state index contributed by atoms with van der Waals surface area (Å²) in [6.45, 7) is 1.07. The molecule has 1 atom stereocenters. The maximum Gasteiger partial charge on any atom is 0.271 e. The Kier molecular flexibility index (Phi) is 4.68. The Bertz CT molecular complexity index is 696. The molecule has 1 aliphatic rings. The van der Waals surface area contributed by atoms with Gasteiger partial charge in [0.2, 0.25) is 0 Å². The molecule has 1 saturated heterocycles. The predicted molar refractivity (Wildman–Crippen MR) is 85.1 cm³/mol. The van der Waals surface area contributed by atoms with Crippen molar-refractivity contribution in [3.63, 3.8) is 0 Å². The van der Waals surface area contributed by atoms with Gasteiger partial charge in [0.05, 0.1) is 11.1 Å². The first-order valence-electron chi connectivity index (χ1n) is 7.63. The molecule has 0 saturated carbocycles. The molecule has 0 aromatic carbocycles. The summed E-state index contributed by atoms with van der Waals surface area (Å²) in [7, 11) is 3.43. The molecule has 0 unspecified atom stereocenters. The number of methoxy groups -OCH3 is 1. The Morgan fingerprint density at radius 1 is 1.52 bits per heavy atom. The van der Waals surface area contributed by atoms with Crippen LogP contribution in [0.1, 0.15) is 47.4 Å². The normalized spacial score (nSPS) is 18.4. The van der Waals surface area contributed by atoms with Crippen LogP contribution in [0.25, 0.3) is 0 Å². The highest BCUT2D eigenvalue weighted by molar-refractivity contribution is 6.31. The number of carbonyl (C=O) groups excluding carboxylic acids is 1. The van der Waals surface area contributed by atoms with Crippen molar-refractivity contribution in [3.8, 4) is 0 Å². The Labute approximate surface area is 139 Å². The van der Waals surface area contributed by atoms with Crippen LogP contribution >= 0.6 is 11.6 Å². The van der Waals surface area contributed by atoms with E-state index >= 15 is 0 Å². The monoisotopic (exact) mass is 337 g/mol. The lowest BCUT2D eigenvalue weighted by Gasteiger charge is -2.34. The summed E-state index contributed by atoms with van der Waals surface area (Å²) in [6, 6.07) is 1.58. The van der Waals surface area contributed by atoms with Crippen molar-refractivity contribution in [2.24, 2.45) is 7.05 Å². The second-order valence-corrected chi connectivity index (χ2v) is 6.17. The van der Waals surface area contributed by atoms with Gasteiger partial charge in [0.25, 0.3) is 5.91 Å². The summed E-state index contributed by atoms with van der Waals surface area (Å²) in [5.74, 6) is 1.27. The number of aryl methyl sites for hydroxylation is 1. The zero-order valence-corrected chi connectivity index (χ0v) is 14.0. The van der Waals surface area contributed by atoms with E-state index < -0.39 is 0 Å². The molecule has 1 amide bonds. The van der Waals surface area contributed by atoms with Crippen LogP contribution in [0, 0.1) is 0 Å². The summed E-state index contributed by atoms with van der Waals surface area (Å²) < 4.78 is 6.81. The largest absolute Gasteiger partial charge is 0.377 e. The van der Waals surface area contributed by atoms with Crippen molar-refractivity contribution >= 4 is 17.5 Å². The van der Waals surface area contributed by atoms with Gasteiger partial charge < -0.3 is 14.2 Å². The van der Waals surface area contributed by atoms with Gasteiger partial charge in [0.15, 0.2) is 11.6 Å². The molecule has 8 heteroatoms. The van der Waals surface area contributed by atoms with E-state index in [1.54, 1.807) is 23.9 Å². The van der Waals surface area contributed by atoms with E-state index in [2.05, 4.69) is 15.2 Å². The Morgan fingerprint density at radius 3 is 3.04 bits per heavy atom. The number of aromatic nitrogens is 4. The summed E-state index contributed by atoms with van der Waals surface area (Å²) in [5, 5.41) is 7.70. The first-order valence-corrected chi connectivity index (χ1v) is 8.01. The number of amides is 1. The average Bonchev–Trinajstić information content (AvgIpc) is 3.13. The number of aromatic amines is 1. The van der Waals surface area contributed by atoms with Crippen molar-refractivity contribution in [3.05, 3.63) is 34.6 Å². The number of H-pyrrole nitrogens is 1. The van der Waals surface area contributed by atoms with Crippen molar-refractivity contribution < 1.29 is 9.53 Å². The number of hydrogen-bond donors (Lipinski definition) is 1. The second-order valence-electron chi connectivity index (χ2n) is 5.74. The predicted octanol–water partition coefficient (Wildman–Crippen LogP) is 2.31. The molecule has 2 aromatic rings. The lowest BCUT2D eigenvalue weighted by atomic mass is 10.0. The zero-order chi connectivity index (χ0) is 16.4. The van der Waals surface area contributed by atoms with Crippen molar-refractivity contribution in [1.29, 1.82) is 0 Å². The van der Waals surface area contributed by atoms with Gasteiger partial charge >= 0.3 is 0 Å². The van der Waals surface area contributed by atoms with Crippen molar-refractivity contribution in [1.82, 2.24) is 24.6 Å².